The summed E-state index contributed by atoms with van der Waals surface area (Å²) in [6.07, 6.45) is 6.94. The van der Waals surface area contributed by atoms with Gasteiger partial charge in [-0.1, -0.05) is 28.1 Å². The Kier molecular flexibility index (Phi) is 2.22. The average molecular weight is 259 g/mol. The second-order valence-corrected chi connectivity index (χ2v) is 5.14. The van der Waals surface area contributed by atoms with Crippen molar-refractivity contribution >= 4 is 15.9 Å². The normalized spacial score (nSPS) is 42.8. The zero-order chi connectivity index (χ0) is 9.60. The van der Waals surface area contributed by atoms with Crippen LogP contribution in [0.4, 0.5) is 0 Å². The minimum absolute atomic E-state index is 0.206. The minimum atomic E-state index is -0.206. The van der Waals surface area contributed by atoms with Gasteiger partial charge in [0.05, 0.1) is 13.2 Å². The highest BCUT2D eigenvalue weighted by Gasteiger charge is 2.65. The molecule has 3 rings (SSSR count). The number of hydrogen-bond donors (Lipinski definition) is 0. The van der Waals surface area contributed by atoms with Crippen LogP contribution in [0.2, 0.25) is 0 Å². The zero-order valence-corrected chi connectivity index (χ0v) is 9.70. The van der Waals surface area contributed by atoms with Crippen LogP contribution in [-0.4, -0.2) is 24.3 Å². The van der Waals surface area contributed by atoms with E-state index in [1.54, 1.807) is 0 Å². The topological polar surface area (TPSA) is 18.5 Å². The van der Waals surface area contributed by atoms with Gasteiger partial charge in [0, 0.05) is 17.2 Å². The predicted molar refractivity (Wildman–Crippen MR) is 57.3 cm³/mol. The largest absolute Gasteiger partial charge is 0.347 e. The Hall–Kier alpha value is 0.140. The molecule has 1 aliphatic heterocycles. The quantitative estimate of drug-likeness (QED) is 0.559. The summed E-state index contributed by atoms with van der Waals surface area (Å²) in [6.45, 7) is 1.56. The fourth-order valence-corrected chi connectivity index (χ4v) is 3.82. The molecule has 2 fully saturated rings. The number of allylic oxidation sites excluding steroid dienone is 2. The van der Waals surface area contributed by atoms with Gasteiger partial charge in [0.2, 0.25) is 0 Å². The molecule has 1 saturated carbocycles. The maximum Gasteiger partial charge on any atom is 0.175 e. The number of fused-ring (bicyclic) bond motifs is 2. The summed E-state index contributed by atoms with van der Waals surface area (Å²) in [5.41, 5.74) is 0. The first-order valence-electron chi connectivity index (χ1n) is 5.39. The van der Waals surface area contributed by atoms with Crippen molar-refractivity contribution in [1.82, 2.24) is 0 Å². The van der Waals surface area contributed by atoms with Crippen LogP contribution in [0.15, 0.2) is 12.2 Å². The van der Waals surface area contributed by atoms with E-state index >= 15 is 0 Å². The fourth-order valence-electron chi connectivity index (χ4n) is 3.33. The van der Waals surface area contributed by atoms with E-state index in [4.69, 9.17) is 9.47 Å². The number of rotatable bonds is 2. The van der Waals surface area contributed by atoms with E-state index in [9.17, 15) is 0 Å². The molecule has 78 valence electrons. The highest BCUT2D eigenvalue weighted by molar-refractivity contribution is 9.09. The Bertz CT molecular complexity index is 258. The number of hydrogen-bond acceptors (Lipinski definition) is 2. The van der Waals surface area contributed by atoms with E-state index in [1.807, 2.05) is 0 Å². The van der Waals surface area contributed by atoms with Crippen molar-refractivity contribution in [2.45, 2.75) is 18.6 Å². The highest BCUT2D eigenvalue weighted by Crippen LogP contribution is 2.60. The van der Waals surface area contributed by atoms with Crippen LogP contribution in [-0.2, 0) is 9.47 Å². The maximum atomic E-state index is 5.87. The van der Waals surface area contributed by atoms with E-state index in [0.717, 1.165) is 31.4 Å². The van der Waals surface area contributed by atoms with E-state index in [2.05, 4.69) is 28.1 Å². The van der Waals surface area contributed by atoms with E-state index in [0.29, 0.717) is 17.8 Å². The summed E-state index contributed by atoms with van der Waals surface area (Å²) in [4.78, 5) is 0. The van der Waals surface area contributed by atoms with E-state index in [-0.39, 0.29) is 5.79 Å². The molecule has 3 heteroatoms. The molecule has 3 aliphatic rings. The molecule has 1 unspecified atom stereocenters. The van der Waals surface area contributed by atoms with Crippen LogP contribution in [0.5, 0.6) is 0 Å². The molecule has 1 heterocycles. The first-order valence-corrected chi connectivity index (χ1v) is 6.51. The molecule has 0 bridgehead atoms. The molecule has 0 aromatic carbocycles. The molecule has 0 amide bonds. The minimum Gasteiger partial charge on any atom is -0.347 e. The standard InChI is InChI=1S/C11H15BrO2/c12-5-4-10-8-2-1-3-9(8)11(10)13-6-7-14-11/h1-2,8-10H,3-7H2/t8-,9+,10?/m0/s1. The van der Waals surface area contributed by atoms with Crippen LogP contribution in [0.25, 0.3) is 0 Å². The van der Waals surface area contributed by atoms with Crippen LogP contribution in [0.3, 0.4) is 0 Å². The number of ether oxygens (including phenoxy) is 2. The third-order valence-electron chi connectivity index (χ3n) is 3.87. The summed E-state index contributed by atoms with van der Waals surface area (Å²) < 4.78 is 11.7. The van der Waals surface area contributed by atoms with E-state index in [1.165, 1.54) is 0 Å². The molecule has 0 aromatic rings. The Morgan fingerprint density at radius 3 is 2.86 bits per heavy atom. The number of halogens is 1. The third kappa shape index (κ3) is 1.04. The summed E-state index contributed by atoms with van der Waals surface area (Å²) >= 11 is 3.52. The van der Waals surface area contributed by atoms with Gasteiger partial charge in [-0.3, -0.25) is 0 Å². The second kappa shape index (κ2) is 3.32. The SMILES string of the molecule is BrCCC1[C@H]2C=CC[C@H]2C12OCCO2. The maximum absolute atomic E-state index is 5.87. The lowest BCUT2D eigenvalue weighted by atomic mass is 9.60. The molecule has 14 heavy (non-hydrogen) atoms. The van der Waals surface area contributed by atoms with Crippen LogP contribution >= 0.6 is 15.9 Å². The molecular weight excluding hydrogens is 244 g/mol. The molecule has 0 N–H and O–H groups in total. The Morgan fingerprint density at radius 2 is 2.14 bits per heavy atom. The lowest BCUT2D eigenvalue weighted by Crippen LogP contribution is -2.61. The molecule has 1 saturated heterocycles. The average Bonchev–Trinajstić information content (AvgIpc) is 2.82. The molecule has 2 nitrogen and oxygen atoms in total. The van der Waals surface area contributed by atoms with Crippen molar-refractivity contribution in [3.8, 4) is 0 Å². The third-order valence-corrected chi connectivity index (χ3v) is 4.33. The molecule has 1 spiro atoms. The summed E-state index contributed by atoms with van der Waals surface area (Å²) in [5.74, 6) is 1.69. The summed E-state index contributed by atoms with van der Waals surface area (Å²) in [6, 6.07) is 0. The first-order chi connectivity index (χ1) is 6.88. The van der Waals surface area contributed by atoms with Crippen molar-refractivity contribution in [3.63, 3.8) is 0 Å². The monoisotopic (exact) mass is 258 g/mol. The van der Waals surface area contributed by atoms with Crippen molar-refractivity contribution in [2.24, 2.45) is 17.8 Å². The molecular formula is C11H15BrO2. The Morgan fingerprint density at radius 1 is 1.36 bits per heavy atom. The van der Waals surface area contributed by atoms with Gasteiger partial charge in [-0.2, -0.15) is 0 Å². The van der Waals surface area contributed by atoms with Gasteiger partial charge in [0.25, 0.3) is 0 Å². The molecule has 3 atom stereocenters. The van der Waals surface area contributed by atoms with Gasteiger partial charge in [0.15, 0.2) is 5.79 Å². The summed E-state index contributed by atoms with van der Waals surface area (Å²) in [5, 5.41) is 1.04. The Labute approximate surface area is 92.8 Å². The van der Waals surface area contributed by atoms with Crippen LogP contribution < -0.4 is 0 Å². The van der Waals surface area contributed by atoms with Gasteiger partial charge in [-0.05, 0) is 18.8 Å². The van der Waals surface area contributed by atoms with Gasteiger partial charge < -0.3 is 9.47 Å². The van der Waals surface area contributed by atoms with Gasteiger partial charge >= 0.3 is 0 Å². The second-order valence-electron chi connectivity index (χ2n) is 4.35. The molecule has 0 radical (unpaired) electrons. The smallest absolute Gasteiger partial charge is 0.175 e. The molecule has 0 aromatic heterocycles. The Balaban J connectivity index is 1.82. The fraction of sp³-hybridized carbons (Fsp3) is 0.818. The first kappa shape index (κ1) is 9.37. The lowest BCUT2D eigenvalue weighted by Gasteiger charge is -2.55. The van der Waals surface area contributed by atoms with Gasteiger partial charge in [-0.15, -0.1) is 0 Å². The van der Waals surface area contributed by atoms with Crippen molar-refractivity contribution in [2.75, 3.05) is 18.5 Å². The van der Waals surface area contributed by atoms with Crippen molar-refractivity contribution in [3.05, 3.63) is 12.2 Å². The lowest BCUT2D eigenvalue weighted by molar-refractivity contribution is -0.306. The van der Waals surface area contributed by atoms with E-state index < -0.39 is 0 Å². The van der Waals surface area contributed by atoms with Crippen molar-refractivity contribution in [1.29, 1.82) is 0 Å². The highest BCUT2D eigenvalue weighted by atomic mass is 79.9. The van der Waals surface area contributed by atoms with Crippen LogP contribution in [0.1, 0.15) is 12.8 Å². The van der Waals surface area contributed by atoms with Gasteiger partial charge in [-0.25, -0.2) is 0 Å². The predicted octanol–water partition coefficient (Wildman–Crippen LogP) is 2.34. The van der Waals surface area contributed by atoms with Crippen molar-refractivity contribution < 1.29 is 9.47 Å². The summed E-state index contributed by atoms with van der Waals surface area (Å²) in [7, 11) is 0. The molecule has 2 aliphatic carbocycles. The van der Waals surface area contributed by atoms with Crippen LogP contribution in [0, 0.1) is 17.8 Å². The zero-order valence-electron chi connectivity index (χ0n) is 8.12. The van der Waals surface area contributed by atoms with Gasteiger partial charge in [0.1, 0.15) is 0 Å². The number of alkyl halides is 1.